The van der Waals surface area contributed by atoms with Gasteiger partial charge in [0.2, 0.25) is 0 Å². The number of nitriles is 1. The number of benzene rings is 1. The first-order valence-corrected chi connectivity index (χ1v) is 8.36. The lowest BCUT2D eigenvalue weighted by Crippen LogP contribution is -2.13. The van der Waals surface area contributed by atoms with Crippen molar-refractivity contribution in [1.29, 1.82) is 5.26 Å². The van der Waals surface area contributed by atoms with Gasteiger partial charge >= 0.3 is 11.9 Å². The number of nitrogens with two attached hydrogens (primary N) is 1. The molecule has 7 nitrogen and oxygen atoms in total. The lowest BCUT2D eigenvalue weighted by Gasteiger charge is -2.18. The highest BCUT2D eigenvalue weighted by Crippen LogP contribution is 2.31. The van der Waals surface area contributed by atoms with Crippen LogP contribution in [0.25, 0.3) is 0 Å². The van der Waals surface area contributed by atoms with Gasteiger partial charge in [-0.3, -0.25) is 0 Å². The number of carbonyl (C=O) groups is 2. The average Bonchev–Trinajstić information content (AvgIpc) is 3.12. The number of hydrogen-bond donors (Lipinski definition) is 3. The second kappa shape index (κ2) is 10.4. The van der Waals surface area contributed by atoms with Gasteiger partial charge in [-0.05, 0) is 29.4 Å². The second-order valence-electron chi connectivity index (χ2n) is 4.73. The van der Waals surface area contributed by atoms with Crippen molar-refractivity contribution in [3.63, 3.8) is 0 Å². The third kappa shape index (κ3) is 6.33. The molecular weight excluding hydrogens is 387 g/mol. The number of carboxylic acid groups (broad SMARTS) is 2. The predicted octanol–water partition coefficient (Wildman–Crippen LogP) is 3.04. The first kappa shape index (κ1) is 21.4. The minimum atomic E-state index is -1.82. The molecule has 2 aromatic rings. The number of carboxylic acids is 2. The summed E-state index contributed by atoms with van der Waals surface area (Å²) in [6.07, 6.45) is 0.316. The Balaban J connectivity index is 0.000000487. The number of ether oxygens (including phenoxy) is 1. The second-order valence-corrected chi connectivity index (χ2v) is 5.91. The number of nitrogens with zero attached hydrogens (tertiary/aromatic N) is 1. The fourth-order valence-electron chi connectivity index (χ4n) is 1.77. The highest BCUT2D eigenvalue weighted by molar-refractivity contribution is 7.07. The van der Waals surface area contributed by atoms with Crippen LogP contribution in [0.2, 0.25) is 5.02 Å². The SMILES string of the molecule is N#Cc1cc(F)c(Cl)cc1O[C@H](CCN)c1ccsc1.O=C(O)C(=O)O. The third-order valence-electron chi connectivity index (χ3n) is 2.94. The topological polar surface area (TPSA) is 134 Å². The summed E-state index contributed by atoms with van der Waals surface area (Å²) in [5, 5.41) is 27.6. The van der Waals surface area contributed by atoms with Gasteiger partial charge in [0.1, 0.15) is 23.7 Å². The molecule has 1 aromatic heterocycles. The monoisotopic (exact) mass is 400 g/mol. The first-order valence-electron chi connectivity index (χ1n) is 7.04. The largest absolute Gasteiger partial charge is 0.484 e. The predicted molar refractivity (Wildman–Crippen MR) is 92.8 cm³/mol. The van der Waals surface area contributed by atoms with E-state index < -0.39 is 17.8 Å². The van der Waals surface area contributed by atoms with Crippen LogP contribution in [0.1, 0.15) is 23.7 Å². The number of hydrogen-bond acceptors (Lipinski definition) is 6. The Hall–Kier alpha value is -2.67. The van der Waals surface area contributed by atoms with Crippen molar-refractivity contribution in [2.75, 3.05) is 6.54 Å². The molecule has 26 heavy (non-hydrogen) atoms. The number of rotatable bonds is 5. The first-order chi connectivity index (χ1) is 12.3. The molecule has 0 aliphatic rings. The third-order valence-corrected chi connectivity index (χ3v) is 3.93. The van der Waals surface area contributed by atoms with Crippen LogP contribution in [0.3, 0.4) is 0 Å². The van der Waals surface area contributed by atoms with Gasteiger partial charge in [0.15, 0.2) is 0 Å². The molecule has 2 rings (SSSR count). The molecule has 0 amide bonds. The van der Waals surface area contributed by atoms with Crippen LogP contribution in [0, 0.1) is 17.1 Å². The fourth-order valence-corrected chi connectivity index (χ4v) is 2.63. The normalized spacial score (nSPS) is 10.8. The quantitative estimate of drug-likeness (QED) is 0.656. The van der Waals surface area contributed by atoms with Crippen molar-refractivity contribution in [2.24, 2.45) is 5.73 Å². The summed E-state index contributed by atoms with van der Waals surface area (Å²) in [5.41, 5.74) is 6.68. The molecule has 0 aliphatic heterocycles. The maximum atomic E-state index is 13.3. The van der Waals surface area contributed by atoms with Crippen molar-refractivity contribution in [1.82, 2.24) is 0 Å². The molecule has 0 bridgehead atoms. The molecule has 1 aromatic carbocycles. The van der Waals surface area contributed by atoms with Crippen LogP contribution < -0.4 is 10.5 Å². The van der Waals surface area contributed by atoms with Gasteiger partial charge in [0, 0.05) is 18.1 Å². The van der Waals surface area contributed by atoms with Crippen LogP contribution in [0.4, 0.5) is 4.39 Å². The standard InChI is InChI=1S/C14H12ClFN2OS.C2H2O4/c15-11-6-14(10(7-18)5-12(11)16)19-13(1-3-17)9-2-4-20-8-9;3-1(4)2(5)6/h2,4-6,8,13H,1,3,17H2;(H,3,4)(H,5,6)/t13-;/m1./s1. The molecule has 0 unspecified atom stereocenters. The molecule has 138 valence electrons. The minimum absolute atomic E-state index is 0.0733. The summed E-state index contributed by atoms with van der Waals surface area (Å²) < 4.78 is 19.2. The molecule has 0 radical (unpaired) electrons. The van der Waals surface area contributed by atoms with Gasteiger partial charge in [-0.15, -0.1) is 0 Å². The van der Waals surface area contributed by atoms with E-state index in [-0.39, 0.29) is 22.4 Å². The van der Waals surface area contributed by atoms with E-state index in [1.807, 2.05) is 22.9 Å². The maximum Gasteiger partial charge on any atom is 0.414 e. The van der Waals surface area contributed by atoms with Gasteiger partial charge in [-0.2, -0.15) is 16.6 Å². The molecule has 0 fully saturated rings. The molecular formula is C16H14ClFN2O5S. The Morgan fingerprint density at radius 2 is 2.04 bits per heavy atom. The summed E-state index contributed by atoms with van der Waals surface area (Å²) in [6, 6.07) is 6.24. The maximum absolute atomic E-state index is 13.3. The molecule has 0 saturated carbocycles. The van der Waals surface area contributed by atoms with E-state index in [0.29, 0.717) is 13.0 Å². The summed E-state index contributed by atoms with van der Waals surface area (Å²) in [7, 11) is 0. The van der Waals surface area contributed by atoms with E-state index >= 15 is 0 Å². The van der Waals surface area contributed by atoms with Crippen molar-refractivity contribution < 1.29 is 28.9 Å². The van der Waals surface area contributed by atoms with E-state index in [1.54, 1.807) is 11.3 Å². The molecule has 0 spiro atoms. The van der Waals surface area contributed by atoms with Crippen molar-refractivity contribution in [2.45, 2.75) is 12.5 Å². The molecule has 0 aliphatic carbocycles. The van der Waals surface area contributed by atoms with Gasteiger partial charge < -0.3 is 20.7 Å². The lowest BCUT2D eigenvalue weighted by atomic mass is 10.1. The van der Waals surface area contributed by atoms with E-state index in [2.05, 4.69) is 0 Å². The highest BCUT2D eigenvalue weighted by atomic mass is 35.5. The van der Waals surface area contributed by atoms with E-state index in [9.17, 15) is 4.39 Å². The van der Waals surface area contributed by atoms with Crippen LogP contribution >= 0.6 is 22.9 Å². The Morgan fingerprint density at radius 1 is 1.38 bits per heavy atom. The van der Waals surface area contributed by atoms with E-state index in [4.69, 9.17) is 47.1 Å². The van der Waals surface area contributed by atoms with Crippen molar-refractivity contribution >= 4 is 34.9 Å². The zero-order valence-corrected chi connectivity index (χ0v) is 14.8. The Morgan fingerprint density at radius 3 is 2.50 bits per heavy atom. The van der Waals surface area contributed by atoms with Crippen molar-refractivity contribution in [3.05, 3.63) is 50.9 Å². The number of aliphatic carboxylic acids is 2. The van der Waals surface area contributed by atoms with Crippen LogP contribution in [0.15, 0.2) is 29.0 Å². The summed E-state index contributed by atoms with van der Waals surface area (Å²) in [5.74, 6) is -4.02. The molecule has 0 saturated heterocycles. The number of thiophene rings is 1. The van der Waals surface area contributed by atoms with Crippen LogP contribution in [-0.4, -0.2) is 28.7 Å². The smallest absolute Gasteiger partial charge is 0.414 e. The van der Waals surface area contributed by atoms with E-state index in [1.165, 1.54) is 6.07 Å². The highest BCUT2D eigenvalue weighted by Gasteiger charge is 2.17. The zero-order chi connectivity index (χ0) is 19.7. The van der Waals surface area contributed by atoms with E-state index in [0.717, 1.165) is 11.6 Å². The lowest BCUT2D eigenvalue weighted by molar-refractivity contribution is -0.159. The summed E-state index contributed by atoms with van der Waals surface area (Å²) in [6.45, 7) is 0.442. The molecule has 1 atom stereocenters. The Bertz CT molecular complexity index is 796. The fraction of sp³-hybridized carbons (Fsp3) is 0.188. The minimum Gasteiger partial charge on any atom is -0.484 e. The molecule has 10 heteroatoms. The Kier molecular flexibility index (Phi) is 8.51. The van der Waals surface area contributed by atoms with Gasteiger partial charge in [0.25, 0.3) is 0 Å². The summed E-state index contributed by atoms with van der Waals surface area (Å²) >= 11 is 7.29. The molecule has 4 N–H and O–H groups in total. The molecule has 1 heterocycles. The van der Waals surface area contributed by atoms with Crippen LogP contribution in [-0.2, 0) is 9.59 Å². The summed E-state index contributed by atoms with van der Waals surface area (Å²) in [4.78, 5) is 18.2. The number of halogens is 2. The zero-order valence-electron chi connectivity index (χ0n) is 13.2. The van der Waals surface area contributed by atoms with Gasteiger partial charge in [-0.1, -0.05) is 11.6 Å². The van der Waals surface area contributed by atoms with Gasteiger partial charge in [0.05, 0.1) is 10.6 Å². The Labute approximate surface area is 157 Å². The average molecular weight is 401 g/mol. The van der Waals surface area contributed by atoms with Crippen molar-refractivity contribution in [3.8, 4) is 11.8 Å². The van der Waals surface area contributed by atoms with Gasteiger partial charge in [-0.25, -0.2) is 14.0 Å². The van der Waals surface area contributed by atoms with Crippen LogP contribution in [0.5, 0.6) is 5.75 Å².